The number of nitrogens with one attached hydrogen (secondary N) is 1. The number of hydrogen-bond donors (Lipinski definition) is 1. The second-order valence-corrected chi connectivity index (χ2v) is 6.16. The normalized spacial score (nSPS) is 19.2. The summed E-state index contributed by atoms with van der Waals surface area (Å²) >= 11 is 13.6. The smallest absolute Gasteiger partial charge is 0.233 e. The van der Waals surface area contributed by atoms with Crippen LogP contribution in [-0.2, 0) is 4.79 Å². The standard InChI is InChI=1S/C13H16Cl2N2OS/c1-2-16-5-6-17-12(18)8-19-13(17)9-3-4-10(14)11(15)7-9/h3-4,7,13,16H,2,5-6,8H2,1H3. The molecule has 1 amide bonds. The van der Waals surface area contributed by atoms with E-state index in [1.165, 1.54) is 0 Å². The zero-order chi connectivity index (χ0) is 13.8. The van der Waals surface area contributed by atoms with Crippen LogP contribution in [0.3, 0.4) is 0 Å². The van der Waals surface area contributed by atoms with Crippen LogP contribution >= 0.6 is 35.0 Å². The van der Waals surface area contributed by atoms with Crippen molar-refractivity contribution in [2.45, 2.75) is 12.3 Å². The van der Waals surface area contributed by atoms with Crippen molar-refractivity contribution >= 4 is 40.9 Å². The first-order valence-corrected chi connectivity index (χ1v) is 8.00. The van der Waals surface area contributed by atoms with E-state index in [2.05, 4.69) is 12.2 Å². The van der Waals surface area contributed by atoms with E-state index >= 15 is 0 Å². The number of carbonyl (C=O) groups is 1. The topological polar surface area (TPSA) is 32.3 Å². The fraction of sp³-hybridized carbons (Fsp3) is 0.462. The van der Waals surface area contributed by atoms with Crippen LogP contribution < -0.4 is 5.32 Å². The van der Waals surface area contributed by atoms with E-state index in [-0.39, 0.29) is 11.3 Å². The SMILES string of the molecule is CCNCCN1C(=O)CSC1c1ccc(Cl)c(Cl)c1. The summed E-state index contributed by atoms with van der Waals surface area (Å²) in [5.41, 5.74) is 1.03. The molecule has 0 bridgehead atoms. The number of benzene rings is 1. The van der Waals surface area contributed by atoms with Crippen LogP contribution in [0.2, 0.25) is 10.0 Å². The van der Waals surface area contributed by atoms with Gasteiger partial charge >= 0.3 is 0 Å². The molecule has 19 heavy (non-hydrogen) atoms. The van der Waals surface area contributed by atoms with Crippen molar-refractivity contribution < 1.29 is 4.79 Å². The first-order chi connectivity index (χ1) is 9.13. The lowest BCUT2D eigenvalue weighted by molar-refractivity contribution is -0.128. The molecule has 1 saturated heterocycles. The third-order valence-electron chi connectivity index (χ3n) is 2.98. The van der Waals surface area contributed by atoms with Crippen LogP contribution in [0.4, 0.5) is 0 Å². The molecule has 1 fully saturated rings. The Kier molecular flexibility index (Phi) is 5.39. The van der Waals surface area contributed by atoms with Gasteiger partial charge in [-0.3, -0.25) is 4.79 Å². The van der Waals surface area contributed by atoms with Gasteiger partial charge in [0, 0.05) is 13.1 Å². The molecule has 1 N–H and O–H groups in total. The van der Waals surface area contributed by atoms with Crippen molar-refractivity contribution in [2.75, 3.05) is 25.4 Å². The summed E-state index contributed by atoms with van der Waals surface area (Å²) in [5, 5.41) is 4.35. The number of halogens is 2. The Bertz CT molecular complexity index is 470. The fourth-order valence-electron chi connectivity index (χ4n) is 2.01. The first kappa shape index (κ1) is 15.0. The van der Waals surface area contributed by atoms with Gasteiger partial charge < -0.3 is 10.2 Å². The van der Waals surface area contributed by atoms with Crippen molar-refractivity contribution in [1.29, 1.82) is 0 Å². The highest BCUT2D eigenvalue weighted by Gasteiger charge is 2.32. The Hall–Kier alpha value is -0.420. The van der Waals surface area contributed by atoms with Crippen LogP contribution in [0.5, 0.6) is 0 Å². The molecule has 0 radical (unpaired) electrons. The van der Waals surface area contributed by atoms with Crippen LogP contribution in [0.1, 0.15) is 17.9 Å². The van der Waals surface area contributed by atoms with Gasteiger partial charge in [-0.1, -0.05) is 36.2 Å². The largest absolute Gasteiger partial charge is 0.325 e. The van der Waals surface area contributed by atoms with E-state index < -0.39 is 0 Å². The van der Waals surface area contributed by atoms with Gasteiger partial charge in [0.2, 0.25) is 5.91 Å². The first-order valence-electron chi connectivity index (χ1n) is 6.20. The maximum atomic E-state index is 11.9. The Morgan fingerprint density at radius 1 is 1.42 bits per heavy atom. The van der Waals surface area contributed by atoms with Gasteiger partial charge in [-0.25, -0.2) is 0 Å². The Morgan fingerprint density at radius 3 is 2.89 bits per heavy atom. The summed E-state index contributed by atoms with van der Waals surface area (Å²) in [6, 6.07) is 5.57. The summed E-state index contributed by atoms with van der Waals surface area (Å²) < 4.78 is 0. The highest BCUT2D eigenvalue weighted by Crippen LogP contribution is 2.39. The summed E-state index contributed by atoms with van der Waals surface area (Å²) in [4.78, 5) is 13.8. The zero-order valence-electron chi connectivity index (χ0n) is 10.7. The van der Waals surface area contributed by atoms with E-state index in [0.717, 1.165) is 18.7 Å². The number of likely N-dealkylation sites (N-methyl/N-ethyl adjacent to an activating group) is 1. The van der Waals surface area contributed by atoms with Crippen molar-refractivity contribution in [3.63, 3.8) is 0 Å². The number of thioether (sulfide) groups is 1. The van der Waals surface area contributed by atoms with E-state index in [1.807, 2.05) is 17.0 Å². The van der Waals surface area contributed by atoms with Crippen LogP contribution in [0.25, 0.3) is 0 Å². The fourth-order valence-corrected chi connectivity index (χ4v) is 3.53. The van der Waals surface area contributed by atoms with Crippen molar-refractivity contribution in [3.05, 3.63) is 33.8 Å². The van der Waals surface area contributed by atoms with Gasteiger partial charge in [-0.05, 0) is 24.2 Å². The third kappa shape index (κ3) is 3.57. The quantitative estimate of drug-likeness (QED) is 0.846. The number of amides is 1. The van der Waals surface area contributed by atoms with E-state index in [4.69, 9.17) is 23.2 Å². The monoisotopic (exact) mass is 318 g/mol. The van der Waals surface area contributed by atoms with Crippen molar-refractivity contribution in [2.24, 2.45) is 0 Å². The second-order valence-electron chi connectivity index (χ2n) is 4.28. The average molecular weight is 319 g/mol. The molecule has 0 saturated carbocycles. The van der Waals surface area contributed by atoms with Crippen LogP contribution in [0.15, 0.2) is 18.2 Å². The predicted octanol–water partition coefficient (Wildman–Crippen LogP) is 3.18. The maximum Gasteiger partial charge on any atom is 0.233 e. The van der Waals surface area contributed by atoms with E-state index in [9.17, 15) is 4.79 Å². The molecule has 1 heterocycles. The number of carbonyl (C=O) groups excluding carboxylic acids is 1. The molecule has 1 aromatic rings. The molecule has 104 valence electrons. The summed E-state index contributed by atoms with van der Waals surface area (Å²) in [7, 11) is 0. The molecule has 1 atom stereocenters. The van der Waals surface area contributed by atoms with Gasteiger partial charge in [0.1, 0.15) is 5.37 Å². The van der Waals surface area contributed by atoms with Gasteiger partial charge in [0.15, 0.2) is 0 Å². The minimum atomic E-state index is 0.0425. The lowest BCUT2D eigenvalue weighted by atomic mass is 10.2. The minimum absolute atomic E-state index is 0.0425. The van der Waals surface area contributed by atoms with Crippen molar-refractivity contribution in [1.82, 2.24) is 10.2 Å². The van der Waals surface area contributed by atoms with Gasteiger partial charge in [-0.2, -0.15) is 0 Å². The molecule has 0 aliphatic carbocycles. The van der Waals surface area contributed by atoms with Crippen LogP contribution in [0, 0.1) is 0 Å². The molecule has 6 heteroatoms. The zero-order valence-corrected chi connectivity index (χ0v) is 13.0. The summed E-state index contributed by atoms with van der Waals surface area (Å²) in [5.74, 6) is 0.704. The van der Waals surface area contributed by atoms with E-state index in [0.29, 0.717) is 22.3 Å². The molecule has 0 spiro atoms. The number of rotatable bonds is 5. The highest BCUT2D eigenvalue weighted by atomic mass is 35.5. The Labute approximate surface area is 127 Å². The molecule has 1 aliphatic rings. The van der Waals surface area contributed by atoms with Crippen LogP contribution in [-0.4, -0.2) is 36.2 Å². The van der Waals surface area contributed by atoms with Gasteiger partial charge in [0.05, 0.1) is 15.8 Å². The average Bonchev–Trinajstić information content (AvgIpc) is 2.75. The summed E-state index contributed by atoms with van der Waals surface area (Å²) in [6.07, 6.45) is 0. The van der Waals surface area contributed by atoms with E-state index in [1.54, 1.807) is 17.8 Å². The highest BCUT2D eigenvalue weighted by molar-refractivity contribution is 8.00. The third-order valence-corrected chi connectivity index (χ3v) is 4.97. The molecule has 1 aromatic carbocycles. The second kappa shape index (κ2) is 6.84. The number of hydrogen-bond acceptors (Lipinski definition) is 3. The molecular formula is C13H16Cl2N2OS. The molecule has 2 rings (SSSR count). The Morgan fingerprint density at radius 2 is 2.21 bits per heavy atom. The molecule has 1 aliphatic heterocycles. The minimum Gasteiger partial charge on any atom is -0.325 e. The molecule has 0 aromatic heterocycles. The number of nitrogens with zero attached hydrogens (tertiary/aromatic N) is 1. The Balaban J connectivity index is 2.12. The molecule has 3 nitrogen and oxygen atoms in total. The lowest BCUT2D eigenvalue weighted by Gasteiger charge is -2.24. The van der Waals surface area contributed by atoms with Gasteiger partial charge in [-0.15, -0.1) is 11.8 Å². The van der Waals surface area contributed by atoms with Crippen molar-refractivity contribution in [3.8, 4) is 0 Å². The molecular weight excluding hydrogens is 303 g/mol. The molecule has 1 unspecified atom stereocenters. The lowest BCUT2D eigenvalue weighted by Crippen LogP contribution is -2.35. The predicted molar refractivity (Wildman–Crippen MR) is 81.9 cm³/mol. The maximum absolute atomic E-state index is 11.9. The van der Waals surface area contributed by atoms with Gasteiger partial charge in [0.25, 0.3) is 0 Å². The summed E-state index contributed by atoms with van der Waals surface area (Å²) in [6.45, 7) is 4.48.